The second-order valence-corrected chi connectivity index (χ2v) is 7.79. The van der Waals surface area contributed by atoms with Crippen LogP contribution in [-0.2, 0) is 20.7 Å². The summed E-state index contributed by atoms with van der Waals surface area (Å²) in [5, 5.41) is 0. The van der Waals surface area contributed by atoms with E-state index in [9.17, 15) is 21.6 Å². The van der Waals surface area contributed by atoms with Gasteiger partial charge in [-0.05, 0) is 54.7 Å². The summed E-state index contributed by atoms with van der Waals surface area (Å²) in [7, 11) is -2.99. The molecule has 0 N–H and O–H groups in total. The molecular weight excluding hydrogens is 411 g/mol. The molecular formula is C19H18F3NO5S. The van der Waals surface area contributed by atoms with Crippen LogP contribution in [0.4, 0.5) is 13.2 Å². The number of hydrogen-bond acceptors (Lipinski definition) is 6. The highest BCUT2D eigenvalue weighted by molar-refractivity contribution is 7.87. The fraction of sp³-hybridized carbons (Fsp3) is 0.316. The van der Waals surface area contributed by atoms with E-state index in [0.29, 0.717) is 41.7 Å². The van der Waals surface area contributed by atoms with Crippen molar-refractivity contribution < 1.29 is 35.2 Å². The molecule has 10 heteroatoms. The van der Waals surface area contributed by atoms with E-state index in [1.54, 1.807) is 18.2 Å². The van der Waals surface area contributed by atoms with Crippen molar-refractivity contribution >= 4 is 21.5 Å². The van der Waals surface area contributed by atoms with E-state index >= 15 is 0 Å². The molecule has 29 heavy (non-hydrogen) atoms. The Morgan fingerprint density at radius 1 is 1.03 bits per heavy atom. The molecule has 1 heterocycles. The number of rotatable bonds is 5. The van der Waals surface area contributed by atoms with E-state index in [1.165, 1.54) is 32.5 Å². The van der Waals surface area contributed by atoms with Crippen LogP contribution in [0, 0.1) is 0 Å². The summed E-state index contributed by atoms with van der Waals surface area (Å²) in [4.78, 5) is 3.98. The average Bonchev–Trinajstić information content (AvgIpc) is 2.85. The Morgan fingerprint density at radius 2 is 1.79 bits per heavy atom. The van der Waals surface area contributed by atoms with Crippen molar-refractivity contribution in [1.82, 2.24) is 4.98 Å². The number of benzene rings is 1. The monoisotopic (exact) mass is 429 g/mol. The molecule has 6 nitrogen and oxygen atoms in total. The predicted octanol–water partition coefficient (Wildman–Crippen LogP) is 4.17. The first kappa shape index (κ1) is 21.0. The van der Waals surface area contributed by atoms with Gasteiger partial charge >= 0.3 is 15.6 Å². The van der Waals surface area contributed by atoms with Gasteiger partial charge in [0.1, 0.15) is 5.75 Å². The standard InChI is InChI=1S/C19H18F3NO5S/c1-26-14-6-7-16-12(10-14)4-3-5-15(13-8-9-23-17(11-13)27-2)18(16)28-29(24,25)19(20,21)22/h6-11H,3-5H2,1-2H3. The van der Waals surface area contributed by atoms with Crippen molar-refractivity contribution in [1.29, 1.82) is 0 Å². The van der Waals surface area contributed by atoms with E-state index in [1.807, 2.05) is 0 Å². The lowest BCUT2D eigenvalue weighted by atomic mass is 9.99. The van der Waals surface area contributed by atoms with Gasteiger partial charge < -0.3 is 13.7 Å². The Balaban J connectivity index is 2.25. The summed E-state index contributed by atoms with van der Waals surface area (Å²) in [6.07, 6.45) is 2.81. The lowest BCUT2D eigenvalue weighted by Crippen LogP contribution is -2.25. The lowest BCUT2D eigenvalue weighted by Gasteiger charge is -2.18. The number of allylic oxidation sites excluding steroid dienone is 1. The molecule has 2 aromatic rings. The van der Waals surface area contributed by atoms with Crippen LogP contribution in [0.15, 0.2) is 36.5 Å². The summed E-state index contributed by atoms with van der Waals surface area (Å²) in [5.74, 6) is 0.397. The smallest absolute Gasteiger partial charge is 0.497 e. The van der Waals surface area contributed by atoms with Gasteiger partial charge in [0, 0.05) is 23.4 Å². The number of fused-ring (bicyclic) bond motifs is 1. The zero-order valence-electron chi connectivity index (χ0n) is 15.6. The first-order valence-corrected chi connectivity index (χ1v) is 9.98. The average molecular weight is 429 g/mol. The number of aryl methyl sites for hydroxylation is 1. The topological polar surface area (TPSA) is 74.7 Å². The summed E-state index contributed by atoms with van der Waals surface area (Å²) in [6, 6.07) is 7.79. The summed E-state index contributed by atoms with van der Waals surface area (Å²) >= 11 is 0. The van der Waals surface area contributed by atoms with Crippen LogP contribution in [0.5, 0.6) is 11.6 Å². The second kappa shape index (κ2) is 7.94. The van der Waals surface area contributed by atoms with Crippen LogP contribution >= 0.6 is 0 Å². The molecule has 0 unspecified atom stereocenters. The van der Waals surface area contributed by atoms with Crippen LogP contribution in [0.1, 0.15) is 29.5 Å². The highest BCUT2D eigenvalue weighted by Gasteiger charge is 2.49. The quantitative estimate of drug-likeness (QED) is 0.525. The molecule has 1 aromatic carbocycles. The van der Waals surface area contributed by atoms with Crippen molar-refractivity contribution in [2.45, 2.75) is 24.8 Å². The van der Waals surface area contributed by atoms with E-state index in [4.69, 9.17) is 9.47 Å². The first-order chi connectivity index (χ1) is 13.7. The third-order valence-electron chi connectivity index (χ3n) is 4.47. The van der Waals surface area contributed by atoms with Gasteiger partial charge in [-0.1, -0.05) is 0 Å². The fourth-order valence-corrected chi connectivity index (χ4v) is 3.60. The van der Waals surface area contributed by atoms with Crippen molar-refractivity contribution in [3.8, 4) is 11.6 Å². The molecule has 1 aliphatic carbocycles. The molecule has 1 aliphatic rings. The Hall–Kier alpha value is -2.75. The molecule has 3 rings (SSSR count). The van der Waals surface area contributed by atoms with Crippen molar-refractivity contribution in [2.75, 3.05) is 14.2 Å². The van der Waals surface area contributed by atoms with Crippen LogP contribution in [0.3, 0.4) is 0 Å². The van der Waals surface area contributed by atoms with Gasteiger partial charge in [-0.15, -0.1) is 0 Å². The molecule has 0 radical (unpaired) electrons. The molecule has 0 spiro atoms. The molecule has 0 saturated heterocycles. The number of hydrogen-bond donors (Lipinski definition) is 0. The molecule has 0 amide bonds. The van der Waals surface area contributed by atoms with Gasteiger partial charge in [0.15, 0.2) is 5.76 Å². The van der Waals surface area contributed by atoms with Gasteiger partial charge in [0.2, 0.25) is 5.88 Å². The van der Waals surface area contributed by atoms with Gasteiger partial charge in [-0.3, -0.25) is 0 Å². The Bertz CT molecular complexity index is 1050. The molecule has 0 aliphatic heterocycles. The highest BCUT2D eigenvalue weighted by Crippen LogP contribution is 2.41. The third-order valence-corrected chi connectivity index (χ3v) is 5.43. The van der Waals surface area contributed by atoms with Crippen LogP contribution in [0.25, 0.3) is 11.3 Å². The number of methoxy groups -OCH3 is 2. The lowest BCUT2D eigenvalue weighted by molar-refractivity contribution is -0.0509. The Kier molecular flexibility index (Phi) is 5.74. The zero-order chi connectivity index (χ0) is 21.2. The molecule has 0 fully saturated rings. The Morgan fingerprint density at radius 3 is 2.45 bits per heavy atom. The summed E-state index contributed by atoms with van der Waals surface area (Å²) < 4.78 is 77.7. The fourth-order valence-electron chi connectivity index (χ4n) is 3.09. The van der Waals surface area contributed by atoms with Crippen LogP contribution in [0.2, 0.25) is 0 Å². The Labute approximate surface area is 166 Å². The number of aromatic nitrogens is 1. The maximum absolute atomic E-state index is 13.0. The van der Waals surface area contributed by atoms with Crippen molar-refractivity contribution in [2.24, 2.45) is 0 Å². The third kappa shape index (κ3) is 4.31. The van der Waals surface area contributed by atoms with E-state index in [0.717, 1.165) is 0 Å². The number of alkyl halides is 3. The molecule has 0 atom stereocenters. The number of pyridine rings is 1. The maximum atomic E-state index is 13.0. The van der Waals surface area contributed by atoms with Crippen molar-refractivity contribution in [3.05, 3.63) is 53.2 Å². The normalized spacial score (nSPS) is 14.8. The van der Waals surface area contributed by atoms with Gasteiger partial charge in [0.05, 0.1) is 14.2 Å². The SMILES string of the molecule is COc1ccc2c(c1)CCCC(c1ccnc(OC)c1)=C2OS(=O)(=O)C(F)(F)F. The summed E-state index contributed by atoms with van der Waals surface area (Å²) in [5.41, 5.74) is -3.87. The second-order valence-electron chi connectivity index (χ2n) is 6.25. The number of ether oxygens (including phenoxy) is 2. The summed E-state index contributed by atoms with van der Waals surface area (Å²) in [6.45, 7) is 0. The minimum Gasteiger partial charge on any atom is -0.497 e. The van der Waals surface area contributed by atoms with Crippen LogP contribution in [-0.4, -0.2) is 33.1 Å². The largest absolute Gasteiger partial charge is 0.534 e. The first-order valence-electron chi connectivity index (χ1n) is 8.58. The van der Waals surface area contributed by atoms with Crippen LogP contribution < -0.4 is 9.47 Å². The minimum absolute atomic E-state index is 0.243. The minimum atomic E-state index is -5.86. The number of halogens is 3. The van der Waals surface area contributed by atoms with Gasteiger partial charge in [-0.25, -0.2) is 4.98 Å². The maximum Gasteiger partial charge on any atom is 0.534 e. The van der Waals surface area contributed by atoms with Crippen molar-refractivity contribution in [3.63, 3.8) is 0 Å². The zero-order valence-corrected chi connectivity index (χ0v) is 16.4. The molecule has 1 aromatic heterocycles. The highest BCUT2D eigenvalue weighted by atomic mass is 32.2. The van der Waals surface area contributed by atoms with E-state index in [-0.39, 0.29) is 17.2 Å². The van der Waals surface area contributed by atoms with Gasteiger partial charge in [0.25, 0.3) is 0 Å². The van der Waals surface area contributed by atoms with E-state index in [2.05, 4.69) is 9.17 Å². The van der Waals surface area contributed by atoms with E-state index < -0.39 is 15.6 Å². The van der Waals surface area contributed by atoms with Gasteiger partial charge in [-0.2, -0.15) is 21.6 Å². The molecule has 0 bridgehead atoms. The molecule has 0 saturated carbocycles. The predicted molar refractivity (Wildman–Crippen MR) is 99.6 cm³/mol. The number of nitrogens with zero attached hydrogens (tertiary/aromatic N) is 1. The molecule has 156 valence electrons.